The van der Waals surface area contributed by atoms with E-state index in [0.29, 0.717) is 25.4 Å². The molecule has 1 unspecified atom stereocenters. The molecule has 0 spiro atoms. The van der Waals surface area contributed by atoms with Gasteiger partial charge in [0, 0.05) is 24.1 Å². The largest absolute Gasteiger partial charge is 0.490 e. The van der Waals surface area contributed by atoms with Crippen molar-refractivity contribution in [1.82, 2.24) is 4.90 Å². The van der Waals surface area contributed by atoms with Crippen LogP contribution in [0.1, 0.15) is 0 Å². The highest BCUT2D eigenvalue weighted by molar-refractivity contribution is 9.11. The number of halogens is 2. The van der Waals surface area contributed by atoms with Gasteiger partial charge < -0.3 is 20.1 Å². The van der Waals surface area contributed by atoms with Crippen LogP contribution >= 0.6 is 31.9 Å². The first-order valence-corrected chi connectivity index (χ1v) is 7.85. The maximum Gasteiger partial charge on any atom is 0.133 e. The minimum atomic E-state index is -0.691. The molecule has 0 bridgehead atoms. The third-order valence-electron chi connectivity index (χ3n) is 2.63. The molecule has 7 heteroatoms. The lowest BCUT2D eigenvalue weighted by atomic mass is 10.3. The van der Waals surface area contributed by atoms with Crippen molar-refractivity contribution < 1.29 is 20.1 Å². The smallest absolute Gasteiger partial charge is 0.133 e. The minimum absolute atomic E-state index is 0.00810. The lowest BCUT2D eigenvalue weighted by Gasteiger charge is -2.23. The molecule has 0 heterocycles. The number of aliphatic hydroxyl groups is 3. The molecule has 1 aromatic rings. The van der Waals surface area contributed by atoms with Crippen molar-refractivity contribution in [3.05, 3.63) is 27.1 Å². The number of rotatable bonds is 9. The van der Waals surface area contributed by atoms with Crippen LogP contribution in [-0.2, 0) is 0 Å². The predicted molar refractivity (Wildman–Crippen MR) is 84.0 cm³/mol. The second-order valence-electron chi connectivity index (χ2n) is 4.29. The summed E-state index contributed by atoms with van der Waals surface area (Å²) < 4.78 is 7.29. The number of hydrogen-bond donors (Lipinski definition) is 3. The zero-order valence-electron chi connectivity index (χ0n) is 11.0. The molecule has 1 rings (SSSR count). The Morgan fingerprint density at radius 3 is 2.35 bits per heavy atom. The molecule has 20 heavy (non-hydrogen) atoms. The molecule has 0 aliphatic carbocycles. The van der Waals surface area contributed by atoms with Gasteiger partial charge in [-0.2, -0.15) is 0 Å². The number of hydrogen-bond acceptors (Lipinski definition) is 5. The average Bonchev–Trinajstić information content (AvgIpc) is 2.38. The summed E-state index contributed by atoms with van der Waals surface area (Å²) in [4.78, 5) is 1.78. The van der Waals surface area contributed by atoms with Gasteiger partial charge in [0.2, 0.25) is 0 Å². The van der Waals surface area contributed by atoms with Crippen LogP contribution in [0.15, 0.2) is 27.1 Å². The third kappa shape index (κ3) is 6.51. The lowest BCUT2D eigenvalue weighted by Crippen LogP contribution is -2.38. The summed E-state index contributed by atoms with van der Waals surface area (Å²) in [7, 11) is 0. The van der Waals surface area contributed by atoms with Crippen LogP contribution < -0.4 is 4.74 Å². The fraction of sp³-hybridized carbons (Fsp3) is 0.538. The van der Waals surface area contributed by atoms with Crippen LogP contribution in [0.4, 0.5) is 0 Å². The van der Waals surface area contributed by atoms with E-state index in [4.69, 9.17) is 14.9 Å². The van der Waals surface area contributed by atoms with Gasteiger partial charge in [-0.15, -0.1) is 0 Å². The Hall–Kier alpha value is -0.180. The van der Waals surface area contributed by atoms with Crippen molar-refractivity contribution in [2.45, 2.75) is 6.10 Å². The molecular weight excluding hydrogens is 394 g/mol. The Labute approximate surface area is 135 Å². The molecule has 0 amide bonds. The number of nitrogens with zero attached hydrogens (tertiary/aromatic N) is 1. The molecule has 0 radical (unpaired) electrons. The first-order valence-electron chi connectivity index (χ1n) is 6.26. The van der Waals surface area contributed by atoms with E-state index in [1.807, 2.05) is 12.1 Å². The van der Waals surface area contributed by atoms with E-state index in [0.717, 1.165) is 8.95 Å². The third-order valence-corrected chi connectivity index (χ3v) is 3.74. The van der Waals surface area contributed by atoms with E-state index >= 15 is 0 Å². The van der Waals surface area contributed by atoms with Gasteiger partial charge >= 0.3 is 0 Å². The highest BCUT2D eigenvalue weighted by Gasteiger charge is 2.12. The summed E-state index contributed by atoms with van der Waals surface area (Å²) >= 11 is 6.74. The molecule has 0 aliphatic heterocycles. The number of benzene rings is 1. The topological polar surface area (TPSA) is 73.2 Å². The fourth-order valence-corrected chi connectivity index (χ4v) is 2.87. The molecule has 1 aromatic carbocycles. The molecule has 5 nitrogen and oxygen atoms in total. The molecule has 1 atom stereocenters. The molecule has 0 aromatic heterocycles. The zero-order chi connectivity index (χ0) is 15.0. The van der Waals surface area contributed by atoms with Crippen LogP contribution in [0, 0.1) is 0 Å². The molecule has 0 saturated heterocycles. The Morgan fingerprint density at radius 1 is 1.15 bits per heavy atom. The van der Waals surface area contributed by atoms with Crippen molar-refractivity contribution in [3.8, 4) is 5.75 Å². The van der Waals surface area contributed by atoms with Crippen molar-refractivity contribution in [2.24, 2.45) is 0 Å². The summed E-state index contributed by atoms with van der Waals surface area (Å²) in [5, 5.41) is 27.7. The molecule has 0 aliphatic rings. The van der Waals surface area contributed by atoms with Gasteiger partial charge in [0.05, 0.1) is 17.7 Å². The molecular formula is C13H19Br2NO4. The van der Waals surface area contributed by atoms with Gasteiger partial charge in [-0.05, 0) is 34.1 Å². The van der Waals surface area contributed by atoms with Crippen molar-refractivity contribution in [1.29, 1.82) is 0 Å². The van der Waals surface area contributed by atoms with E-state index in [9.17, 15) is 5.11 Å². The summed E-state index contributed by atoms with van der Waals surface area (Å²) in [6, 6.07) is 5.53. The Morgan fingerprint density at radius 2 is 1.80 bits per heavy atom. The van der Waals surface area contributed by atoms with Crippen LogP contribution in [0.25, 0.3) is 0 Å². The number of aliphatic hydroxyl groups excluding tert-OH is 3. The normalized spacial score (nSPS) is 12.7. The highest BCUT2D eigenvalue weighted by Crippen LogP contribution is 2.28. The van der Waals surface area contributed by atoms with E-state index in [1.54, 1.807) is 11.0 Å². The minimum Gasteiger partial charge on any atom is -0.490 e. The lowest BCUT2D eigenvalue weighted by molar-refractivity contribution is 0.0550. The predicted octanol–water partition coefficient (Wildman–Crippen LogP) is 1.24. The van der Waals surface area contributed by atoms with Gasteiger partial charge in [0.1, 0.15) is 18.5 Å². The first kappa shape index (κ1) is 17.9. The van der Waals surface area contributed by atoms with Gasteiger partial charge in [-0.1, -0.05) is 15.9 Å². The Balaban J connectivity index is 2.43. The van der Waals surface area contributed by atoms with Crippen LogP contribution in [0.2, 0.25) is 0 Å². The van der Waals surface area contributed by atoms with Crippen LogP contribution in [-0.4, -0.2) is 65.8 Å². The van der Waals surface area contributed by atoms with E-state index in [2.05, 4.69) is 31.9 Å². The number of ether oxygens (including phenoxy) is 1. The van der Waals surface area contributed by atoms with Gasteiger partial charge in [0.15, 0.2) is 0 Å². The van der Waals surface area contributed by atoms with Crippen molar-refractivity contribution in [3.63, 3.8) is 0 Å². The van der Waals surface area contributed by atoms with Crippen LogP contribution in [0.3, 0.4) is 0 Å². The van der Waals surface area contributed by atoms with Gasteiger partial charge in [0.25, 0.3) is 0 Å². The van der Waals surface area contributed by atoms with E-state index in [1.165, 1.54) is 0 Å². The van der Waals surface area contributed by atoms with E-state index in [-0.39, 0.29) is 19.8 Å². The second kappa shape index (κ2) is 9.70. The first-order chi connectivity index (χ1) is 9.56. The second-order valence-corrected chi connectivity index (χ2v) is 6.06. The Kier molecular flexibility index (Phi) is 8.67. The monoisotopic (exact) mass is 411 g/mol. The molecule has 3 N–H and O–H groups in total. The Bertz CT molecular complexity index is 400. The van der Waals surface area contributed by atoms with Crippen LogP contribution in [0.5, 0.6) is 5.75 Å². The summed E-state index contributed by atoms with van der Waals surface area (Å²) in [5.41, 5.74) is 0. The average molecular weight is 413 g/mol. The van der Waals surface area contributed by atoms with Gasteiger partial charge in [-0.3, -0.25) is 4.90 Å². The van der Waals surface area contributed by atoms with E-state index < -0.39 is 6.10 Å². The zero-order valence-corrected chi connectivity index (χ0v) is 14.2. The summed E-state index contributed by atoms with van der Waals surface area (Å²) in [6.07, 6.45) is -0.691. The maximum absolute atomic E-state index is 9.93. The summed E-state index contributed by atoms with van der Waals surface area (Å²) in [6.45, 7) is 1.31. The quantitative estimate of drug-likeness (QED) is 0.569. The van der Waals surface area contributed by atoms with Crippen molar-refractivity contribution in [2.75, 3.05) is 39.5 Å². The maximum atomic E-state index is 9.93. The summed E-state index contributed by atoms with van der Waals surface area (Å²) in [5.74, 6) is 0.656. The SMILES string of the molecule is OCCN(CCO)CC(O)COc1ccc(Br)cc1Br. The highest BCUT2D eigenvalue weighted by atomic mass is 79.9. The standard InChI is InChI=1S/C13H19Br2NO4/c14-10-1-2-13(12(15)7-10)20-9-11(19)8-16(3-5-17)4-6-18/h1-2,7,11,17-19H,3-6,8-9H2. The fourth-order valence-electron chi connectivity index (χ4n) is 1.71. The molecule has 0 fully saturated rings. The molecule has 0 saturated carbocycles. The van der Waals surface area contributed by atoms with Gasteiger partial charge in [-0.25, -0.2) is 0 Å². The molecule has 114 valence electrons. The van der Waals surface area contributed by atoms with Crippen molar-refractivity contribution >= 4 is 31.9 Å².